The van der Waals surface area contributed by atoms with Gasteiger partial charge in [0.15, 0.2) is 17.2 Å². The molecular formula is C17H13N5O2. The fourth-order valence-corrected chi connectivity index (χ4v) is 2.47. The number of pyridine rings is 1. The molecule has 0 spiro atoms. The van der Waals surface area contributed by atoms with Crippen LogP contribution < -0.4 is 5.32 Å². The van der Waals surface area contributed by atoms with Crippen molar-refractivity contribution in [2.75, 3.05) is 0 Å². The van der Waals surface area contributed by atoms with Crippen LogP contribution in [0.3, 0.4) is 0 Å². The van der Waals surface area contributed by atoms with E-state index in [1.807, 2.05) is 59.1 Å². The first-order valence-corrected chi connectivity index (χ1v) is 7.40. The molecule has 7 nitrogen and oxygen atoms in total. The highest BCUT2D eigenvalue weighted by molar-refractivity contribution is 5.99. The number of hydrogen-bond donors (Lipinski definition) is 1. The maximum atomic E-state index is 12.5. The Hall–Kier alpha value is -3.48. The Kier molecular flexibility index (Phi) is 3.51. The summed E-state index contributed by atoms with van der Waals surface area (Å²) in [5.74, 6) is 0.818. The van der Waals surface area contributed by atoms with Gasteiger partial charge in [-0.05, 0) is 12.1 Å². The van der Waals surface area contributed by atoms with E-state index < -0.39 is 0 Å². The standard InChI is InChI=1S/C17H13N5O2/c23-17(13-10-19-24-16(13)12-6-2-1-3-7-12)18-11-15-21-20-14-8-4-5-9-22(14)15/h1-10H,11H2,(H,18,23). The Bertz CT molecular complexity index is 990. The van der Waals surface area contributed by atoms with Crippen LogP contribution in [0.2, 0.25) is 0 Å². The second kappa shape index (κ2) is 5.96. The topological polar surface area (TPSA) is 85.3 Å². The molecular weight excluding hydrogens is 306 g/mol. The van der Waals surface area contributed by atoms with Crippen molar-refractivity contribution in [2.24, 2.45) is 0 Å². The average Bonchev–Trinajstić information content (AvgIpc) is 3.28. The van der Waals surface area contributed by atoms with Gasteiger partial charge in [-0.1, -0.05) is 41.6 Å². The summed E-state index contributed by atoms with van der Waals surface area (Å²) in [6.07, 6.45) is 3.27. The minimum atomic E-state index is -0.275. The van der Waals surface area contributed by atoms with Crippen molar-refractivity contribution in [1.29, 1.82) is 0 Å². The van der Waals surface area contributed by atoms with Gasteiger partial charge in [-0.3, -0.25) is 9.20 Å². The third kappa shape index (κ3) is 2.52. The molecule has 0 saturated heterocycles. The first kappa shape index (κ1) is 14.1. The van der Waals surface area contributed by atoms with Gasteiger partial charge in [-0.2, -0.15) is 0 Å². The number of nitrogens with one attached hydrogen (secondary N) is 1. The fraction of sp³-hybridized carbons (Fsp3) is 0.0588. The van der Waals surface area contributed by atoms with E-state index in [4.69, 9.17) is 4.52 Å². The number of hydrogen-bond acceptors (Lipinski definition) is 5. The predicted molar refractivity (Wildman–Crippen MR) is 86.1 cm³/mol. The van der Waals surface area contributed by atoms with Crippen molar-refractivity contribution in [3.05, 3.63) is 72.3 Å². The molecule has 1 amide bonds. The maximum absolute atomic E-state index is 12.5. The Balaban J connectivity index is 1.54. The molecule has 4 rings (SSSR count). The smallest absolute Gasteiger partial charge is 0.257 e. The third-order valence-electron chi connectivity index (χ3n) is 3.64. The van der Waals surface area contributed by atoms with E-state index in [1.165, 1.54) is 6.20 Å². The number of benzene rings is 1. The van der Waals surface area contributed by atoms with Crippen molar-refractivity contribution in [1.82, 2.24) is 25.1 Å². The Labute approximate surface area is 136 Å². The molecule has 0 aliphatic rings. The van der Waals surface area contributed by atoms with Gasteiger partial charge >= 0.3 is 0 Å². The lowest BCUT2D eigenvalue weighted by Crippen LogP contribution is -2.24. The van der Waals surface area contributed by atoms with Gasteiger partial charge in [-0.15, -0.1) is 10.2 Å². The summed E-state index contributed by atoms with van der Waals surface area (Å²) in [6.45, 7) is 0.253. The first-order chi connectivity index (χ1) is 11.8. The zero-order valence-electron chi connectivity index (χ0n) is 12.6. The van der Waals surface area contributed by atoms with E-state index in [-0.39, 0.29) is 12.5 Å². The maximum Gasteiger partial charge on any atom is 0.257 e. The van der Waals surface area contributed by atoms with E-state index in [0.717, 1.165) is 11.2 Å². The van der Waals surface area contributed by atoms with Gasteiger partial charge in [0.25, 0.3) is 5.91 Å². The Morgan fingerprint density at radius 2 is 1.92 bits per heavy atom. The molecule has 0 saturated carbocycles. The zero-order chi connectivity index (χ0) is 16.4. The molecule has 0 aliphatic carbocycles. The lowest BCUT2D eigenvalue weighted by Gasteiger charge is -2.04. The highest BCUT2D eigenvalue weighted by Gasteiger charge is 2.18. The summed E-state index contributed by atoms with van der Waals surface area (Å²) < 4.78 is 7.06. The average molecular weight is 319 g/mol. The van der Waals surface area contributed by atoms with Crippen LogP contribution >= 0.6 is 0 Å². The van der Waals surface area contributed by atoms with Crippen LogP contribution in [0.4, 0.5) is 0 Å². The molecule has 0 bridgehead atoms. The van der Waals surface area contributed by atoms with Crippen LogP contribution in [0.1, 0.15) is 16.2 Å². The largest absolute Gasteiger partial charge is 0.355 e. The second-order valence-corrected chi connectivity index (χ2v) is 5.16. The van der Waals surface area contributed by atoms with Crippen LogP contribution in [0.5, 0.6) is 0 Å². The second-order valence-electron chi connectivity index (χ2n) is 5.16. The number of amides is 1. The number of rotatable bonds is 4. The number of carbonyl (C=O) groups is 1. The lowest BCUT2D eigenvalue weighted by molar-refractivity contribution is 0.0950. The molecule has 0 aliphatic heterocycles. The van der Waals surface area contributed by atoms with Gasteiger partial charge in [0, 0.05) is 11.8 Å². The Morgan fingerprint density at radius 3 is 2.79 bits per heavy atom. The van der Waals surface area contributed by atoms with Crippen molar-refractivity contribution in [3.8, 4) is 11.3 Å². The van der Waals surface area contributed by atoms with Gasteiger partial charge < -0.3 is 9.84 Å². The summed E-state index contributed by atoms with van der Waals surface area (Å²) in [7, 11) is 0. The van der Waals surface area contributed by atoms with E-state index in [9.17, 15) is 4.79 Å². The minimum absolute atomic E-state index is 0.253. The summed E-state index contributed by atoms with van der Waals surface area (Å²) in [5, 5.41) is 14.7. The van der Waals surface area contributed by atoms with Crippen LogP contribution in [0, 0.1) is 0 Å². The molecule has 0 unspecified atom stereocenters. The van der Waals surface area contributed by atoms with Gasteiger partial charge in [0.2, 0.25) is 0 Å². The molecule has 7 heteroatoms. The van der Waals surface area contributed by atoms with E-state index in [2.05, 4.69) is 20.7 Å². The molecule has 0 atom stereocenters. The molecule has 4 aromatic rings. The van der Waals surface area contributed by atoms with Crippen LogP contribution in [-0.2, 0) is 6.54 Å². The number of nitrogens with zero attached hydrogens (tertiary/aromatic N) is 4. The van der Waals surface area contributed by atoms with Crippen molar-refractivity contribution in [3.63, 3.8) is 0 Å². The normalized spacial score (nSPS) is 10.8. The fourth-order valence-electron chi connectivity index (χ4n) is 2.47. The van der Waals surface area contributed by atoms with Crippen LogP contribution in [-0.4, -0.2) is 25.7 Å². The molecule has 0 fully saturated rings. The molecule has 24 heavy (non-hydrogen) atoms. The third-order valence-corrected chi connectivity index (χ3v) is 3.64. The van der Waals surface area contributed by atoms with Crippen molar-refractivity contribution in [2.45, 2.75) is 6.54 Å². The summed E-state index contributed by atoms with van der Waals surface area (Å²) in [5.41, 5.74) is 1.92. The summed E-state index contributed by atoms with van der Waals surface area (Å²) in [6, 6.07) is 15.0. The van der Waals surface area contributed by atoms with Crippen molar-refractivity contribution >= 4 is 11.6 Å². The Morgan fingerprint density at radius 1 is 1.08 bits per heavy atom. The molecule has 3 aromatic heterocycles. The van der Waals surface area contributed by atoms with Gasteiger partial charge in [0.1, 0.15) is 5.56 Å². The highest BCUT2D eigenvalue weighted by Crippen LogP contribution is 2.23. The molecule has 3 heterocycles. The first-order valence-electron chi connectivity index (χ1n) is 7.40. The minimum Gasteiger partial charge on any atom is -0.355 e. The lowest BCUT2D eigenvalue weighted by atomic mass is 10.1. The quantitative estimate of drug-likeness (QED) is 0.624. The molecule has 118 valence electrons. The highest BCUT2D eigenvalue weighted by atomic mass is 16.5. The van der Waals surface area contributed by atoms with E-state index in [0.29, 0.717) is 17.1 Å². The molecule has 0 radical (unpaired) electrons. The number of carbonyl (C=O) groups excluding carboxylic acids is 1. The van der Waals surface area contributed by atoms with E-state index in [1.54, 1.807) is 0 Å². The monoisotopic (exact) mass is 319 g/mol. The predicted octanol–water partition coefficient (Wildman–Crippen LogP) is 2.31. The zero-order valence-corrected chi connectivity index (χ0v) is 12.6. The number of fused-ring (bicyclic) bond motifs is 1. The molecule has 1 N–H and O–H groups in total. The number of aromatic nitrogens is 4. The SMILES string of the molecule is O=C(NCc1nnc2ccccn12)c1cnoc1-c1ccccc1. The van der Waals surface area contributed by atoms with Crippen LogP contribution in [0.15, 0.2) is 65.4 Å². The van der Waals surface area contributed by atoms with E-state index >= 15 is 0 Å². The van der Waals surface area contributed by atoms with Crippen LogP contribution in [0.25, 0.3) is 17.0 Å². The molecule has 1 aromatic carbocycles. The van der Waals surface area contributed by atoms with Gasteiger partial charge in [-0.25, -0.2) is 0 Å². The van der Waals surface area contributed by atoms with Crippen molar-refractivity contribution < 1.29 is 9.32 Å². The summed E-state index contributed by atoms with van der Waals surface area (Å²) in [4.78, 5) is 12.5. The summed E-state index contributed by atoms with van der Waals surface area (Å²) >= 11 is 0. The van der Waals surface area contributed by atoms with Gasteiger partial charge in [0.05, 0.1) is 12.7 Å².